The molecule has 6 N–H and O–H groups in total. The average molecular weight is 154 g/mol. The fraction of sp³-hybridized carbons (Fsp3) is 0.667. The monoisotopic (exact) mass is 154 g/mol. The van der Waals surface area contributed by atoms with Crippen molar-refractivity contribution in [2.75, 3.05) is 5.75 Å². The SMILES string of the molecule is NO.N[C@@H](CS)C(=O)O. The van der Waals surface area contributed by atoms with Gasteiger partial charge in [-0.3, -0.25) is 4.79 Å². The molecule has 0 aromatic carbocycles. The van der Waals surface area contributed by atoms with Crippen LogP contribution in [0.5, 0.6) is 0 Å². The summed E-state index contributed by atoms with van der Waals surface area (Å²) in [4.78, 5) is 9.76. The van der Waals surface area contributed by atoms with Gasteiger partial charge in [0.15, 0.2) is 0 Å². The molecule has 0 aliphatic carbocycles. The summed E-state index contributed by atoms with van der Waals surface area (Å²) in [5.41, 5.74) is 4.94. The molecule has 0 amide bonds. The number of carbonyl (C=O) groups is 1. The number of rotatable bonds is 2. The number of aliphatic carboxylic acids is 1. The van der Waals surface area contributed by atoms with Crippen molar-refractivity contribution in [3.63, 3.8) is 0 Å². The van der Waals surface area contributed by atoms with Crippen LogP contribution in [0.3, 0.4) is 0 Å². The Bertz CT molecular complexity index is 79.5. The van der Waals surface area contributed by atoms with E-state index in [9.17, 15) is 4.79 Å². The van der Waals surface area contributed by atoms with Gasteiger partial charge in [-0.1, -0.05) is 0 Å². The molecule has 0 aliphatic rings. The zero-order chi connectivity index (χ0) is 7.86. The molecule has 6 heteroatoms. The Morgan fingerprint density at radius 1 is 1.67 bits per heavy atom. The molecule has 9 heavy (non-hydrogen) atoms. The molecule has 0 saturated heterocycles. The van der Waals surface area contributed by atoms with Gasteiger partial charge in [-0.25, -0.2) is 5.90 Å². The molecule has 0 saturated carbocycles. The molecule has 0 bridgehead atoms. The van der Waals surface area contributed by atoms with Crippen LogP contribution in [0.4, 0.5) is 0 Å². The summed E-state index contributed by atoms with van der Waals surface area (Å²) in [5.74, 6) is 2.69. The second-order valence-electron chi connectivity index (χ2n) is 1.13. The highest BCUT2D eigenvalue weighted by molar-refractivity contribution is 7.80. The maximum absolute atomic E-state index is 9.76. The van der Waals surface area contributed by atoms with Gasteiger partial charge in [-0.05, 0) is 0 Å². The van der Waals surface area contributed by atoms with Crippen molar-refractivity contribution in [1.82, 2.24) is 0 Å². The van der Waals surface area contributed by atoms with Crippen LogP contribution >= 0.6 is 12.6 Å². The standard InChI is InChI=1S/C3H7NO2S.H3NO/c4-2(1-7)3(5)6;1-2/h2,7H,1,4H2,(H,5,6);2H,1H2/t2-;/m0./s1. The summed E-state index contributed by atoms with van der Waals surface area (Å²) in [7, 11) is 0. The summed E-state index contributed by atoms with van der Waals surface area (Å²) >= 11 is 3.65. The van der Waals surface area contributed by atoms with Crippen LogP contribution in [0.1, 0.15) is 0 Å². The summed E-state index contributed by atoms with van der Waals surface area (Å²) in [5, 5.41) is 14.5. The van der Waals surface area contributed by atoms with Gasteiger partial charge >= 0.3 is 5.97 Å². The van der Waals surface area contributed by atoms with E-state index in [1.54, 1.807) is 0 Å². The minimum absolute atomic E-state index is 0.190. The first kappa shape index (κ1) is 11.5. The van der Waals surface area contributed by atoms with Gasteiger partial charge in [-0.15, -0.1) is 0 Å². The molecule has 0 fully saturated rings. The predicted molar refractivity (Wildman–Crippen MR) is 35.4 cm³/mol. The fourth-order valence-electron chi connectivity index (χ4n) is 0.0781. The Labute approximate surface area is 58.0 Å². The zero-order valence-electron chi connectivity index (χ0n) is 4.69. The minimum atomic E-state index is -1.00. The molecular weight excluding hydrogens is 144 g/mol. The molecule has 0 rings (SSSR count). The molecular formula is C3H10N2O3S. The van der Waals surface area contributed by atoms with E-state index in [4.69, 9.17) is 16.0 Å². The molecule has 56 valence electrons. The lowest BCUT2D eigenvalue weighted by Crippen LogP contribution is -2.31. The summed E-state index contributed by atoms with van der Waals surface area (Å²) in [6.07, 6.45) is 0. The summed E-state index contributed by atoms with van der Waals surface area (Å²) in [6.45, 7) is 0. The second-order valence-corrected chi connectivity index (χ2v) is 1.49. The number of carboxylic acids is 1. The first-order valence-electron chi connectivity index (χ1n) is 2.03. The molecule has 0 aromatic heterocycles. The topological polar surface area (TPSA) is 110 Å². The first-order chi connectivity index (χ1) is 4.18. The number of thiol groups is 1. The maximum atomic E-state index is 9.76. The van der Waals surface area contributed by atoms with Crippen LogP contribution in [0.15, 0.2) is 0 Å². The lowest BCUT2D eigenvalue weighted by atomic mass is 10.4. The van der Waals surface area contributed by atoms with Gasteiger partial charge in [0.1, 0.15) is 6.04 Å². The number of hydrogen-bond acceptors (Lipinski definition) is 5. The zero-order valence-corrected chi connectivity index (χ0v) is 5.58. The van der Waals surface area contributed by atoms with Crippen LogP contribution in [-0.4, -0.2) is 28.1 Å². The van der Waals surface area contributed by atoms with Gasteiger partial charge in [0.2, 0.25) is 0 Å². The number of nitrogens with two attached hydrogens (primary N) is 2. The molecule has 0 aromatic rings. The average Bonchev–Trinajstić information content (AvgIpc) is 1.91. The molecule has 5 nitrogen and oxygen atoms in total. The van der Waals surface area contributed by atoms with Gasteiger partial charge in [-0.2, -0.15) is 12.6 Å². The maximum Gasteiger partial charge on any atom is 0.321 e. The van der Waals surface area contributed by atoms with E-state index in [0.717, 1.165) is 0 Å². The van der Waals surface area contributed by atoms with Crippen molar-refractivity contribution in [2.45, 2.75) is 6.04 Å². The Morgan fingerprint density at radius 3 is 2.00 bits per heavy atom. The van der Waals surface area contributed by atoms with Crippen molar-refractivity contribution >= 4 is 18.6 Å². The molecule has 0 radical (unpaired) electrons. The molecule has 0 aliphatic heterocycles. The van der Waals surface area contributed by atoms with E-state index in [0.29, 0.717) is 0 Å². The largest absolute Gasteiger partial charge is 0.480 e. The van der Waals surface area contributed by atoms with Crippen molar-refractivity contribution in [2.24, 2.45) is 11.6 Å². The van der Waals surface area contributed by atoms with Gasteiger partial charge < -0.3 is 16.0 Å². The van der Waals surface area contributed by atoms with Crippen LogP contribution in [0.25, 0.3) is 0 Å². The van der Waals surface area contributed by atoms with Crippen LogP contribution in [0, 0.1) is 0 Å². The Morgan fingerprint density at radius 2 is 2.00 bits per heavy atom. The predicted octanol–water partition coefficient (Wildman–Crippen LogP) is -1.34. The fourth-order valence-corrected chi connectivity index (χ4v) is 0.234. The van der Waals surface area contributed by atoms with E-state index < -0.39 is 12.0 Å². The van der Waals surface area contributed by atoms with Gasteiger partial charge in [0, 0.05) is 5.75 Å². The lowest BCUT2D eigenvalue weighted by Gasteiger charge is -1.96. The Kier molecular flexibility index (Phi) is 9.83. The van der Waals surface area contributed by atoms with E-state index in [1.165, 1.54) is 0 Å². The van der Waals surface area contributed by atoms with Crippen LogP contribution < -0.4 is 11.6 Å². The van der Waals surface area contributed by atoms with Crippen molar-refractivity contribution < 1.29 is 15.1 Å². The lowest BCUT2D eigenvalue weighted by molar-refractivity contribution is -0.137. The molecule has 0 heterocycles. The molecule has 1 atom stereocenters. The third-order valence-corrected chi connectivity index (χ3v) is 0.907. The quantitative estimate of drug-likeness (QED) is 0.250. The normalized spacial score (nSPS) is 11.1. The van der Waals surface area contributed by atoms with E-state index in [1.807, 2.05) is 0 Å². The van der Waals surface area contributed by atoms with Gasteiger partial charge in [0.25, 0.3) is 0 Å². The van der Waals surface area contributed by atoms with E-state index >= 15 is 0 Å². The van der Waals surface area contributed by atoms with Crippen LogP contribution in [0.2, 0.25) is 0 Å². The summed E-state index contributed by atoms with van der Waals surface area (Å²) < 4.78 is 0. The Balaban J connectivity index is 0. The van der Waals surface area contributed by atoms with E-state index in [2.05, 4.69) is 18.5 Å². The second kappa shape index (κ2) is 7.70. The van der Waals surface area contributed by atoms with E-state index in [-0.39, 0.29) is 5.75 Å². The summed E-state index contributed by atoms with van der Waals surface area (Å²) in [6, 6.07) is -0.816. The highest BCUT2D eigenvalue weighted by Gasteiger charge is 2.06. The number of hydrogen-bond donors (Lipinski definition) is 5. The van der Waals surface area contributed by atoms with Crippen molar-refractivity contribution in [3.8, 4) is 0 Å². The third-order valence-electron chi connectivity index (χ3n) is 0.514. The third kappa shape index (κ3) is 7.70. The highest BCUT2D eigenvalue weighted by atomic mass is 32.1. The minimum Gasteiger partial charge on any atom is -0.480 e. The molecule has 0 spiro atoms. The van der Waals surface area contributed by atoms with Gasteiger partial charge in [0.05, 0.1) is 0 Å². The smallest absolute Gasteiger partial charge is 0.321 e. The number of carboxylic acid groups (broad SMARTS) is 1. The first-order valence-corrected chi connectivity index (χ1v) is 2.66. The van der Waals surface area contributed by atoms with Crippen LogP contribution in [-0.2, 0) is 4.79 Å². The van der Waals surface area contributed by atoms with Crippen molar-refractivity contribution in [3.05, 3.63) is 0 Å². The molecule has 0 unspecified atom stereocenters. The van der Waals surface area contributed by atoms with Crippen molar-refractivity contribution in [1.29, 1.82) is 0 Å². The highest BCUT2D eigenvalue weighted by Crippen LogP contribution is 1.80. The Hall–Kier alpha value is -0.300.